The molecule has 0 spiro atoms. The molecule has 0 aliphatic heterocycles. The van der Waals surface area contributed by atoms with E-state index in [1.165, 1.54) is 25.2 Å². The van der Waals surface area contributed by atoms with Gasteiger partial charge in [0.2, 0.25) is 12.3 Å². The van der Waals surface area contributed by atoms with Crippen molar-refractivity contribution in [2.45, 2.75) is 25.8 Å². The maximum atomic E-state index is 13.0. The van der Waals surface area contributed by atoms with E-state index < -0.39 is 17.8 Å². The molecule has 0 aliphatic carbocycles. The van der Waals surface area contributed by atoms with E-state index in [2.05, 4.69) is 5.32 Å². The number of hydrogen-bond donors (Lipinski definition) is 1. The highest BCUT2D eigenvalue weighted by Gasteiger charge is 2.26. The fourth-order valence-electron chi connectivity index (χ4n) is 1.75. The lowest BCUT2D eigenvalue weighted by molar-refractivity contribution is -0.159. The fourth-order valence-corrected chi connectivity index (χ4v) is 1.75. The van der Waals surface area contributed by atoms with Gasteiger partial charge in [0.25, 0.3) is 0 Å². The van der Waals surface area contributed by atoms with Crippen molar-refractivity contribution in [3.63, 3.8) is 0 Å². The van der Waals surface area contributed by atoms with Crippen LogP contribution in [0.5, 0.6) is 5.75 Å². The van der Waals surface area contributed by atoms with Gasteiger partial charge in [0, 0.05) is 13.5 Å². The molecule has 6 nitrogen and oxygen atoms in total. The molecular weight excluding hydrogens is 279 g/mol. The first kappa shape index (κ1) is 16.6. The molecule has 1 aromatic carbocycles. The maximum absolute atomic E-state index is 13.0. The molecule has 0 fully saturated rings. The van der Waals surface area contributed by atoms with Gasteiger partial charge in [-0.3, -0.25) is 9.59 Å². The van der Waals surface area contributed by atoms with Gasteiger partial charge >= 0.3 is 0 Å². The molecule has 1 unspecified atom stereocenters. The molecule has 1 N–H and O–H groups in total. The third-order valence-electron chi connectivity index (χ3n) is 2.86. The van der Waals surface area contributed by atoms with Crippen LogP contribution < -0.4 is 10.2 Å². The van der Waals surface area contributed by atoms with E-state index in [9.17, 15) is 18.8 Å². The molecule has 1 aromatic rings. The SMILES string of the molecule is CNC(=O)C(CCC=O)N(C=O)Oc1ccc(F)cc1C. The Morgan fingerprint density at radius 2 is 2.19 bits per heavy atom. The Morgan fingerprint density at radius 1 is 1.48 bits per heavy atom. The smallest absolute Gasteiger partial charge is 0.246 e. The van der Waals surface area contributed by atoms with E-state index in [0.29, 0.717) is 18.3 Å². The van der Waals surface area contributed by atoms with Crippen LogP contribution in [0.4, 0.5) is 4.39 Å². The van der Waals surface area contributed by atoms with Crippen molar-refractivity contribution in [2.75, 3.05) is 7.05 Å². The van der Waals surface area contributed by atoms with Gasteiger partial charge in [-0.15, -0.1) is 0 Å². The summed E-state index contributed by atoms with van der Waals surface area (Å²) < 4.78 is 13.0. The molecule has 1 rings (SSSR count). The Balaban J connectivity index is 2.94. The zero-order chi connectivity index (χ0) is 15.8. The number of aryl methyl sites for hydroxylation is 1. The number of halogens is 1. The number of aldehydes is 1. The zero-order valence-electron chi connectivity index (χ0n) is 11.8. The van der Waals surface area contributed by atoms with Crippen LogP contribution in [-0.4, -0.2) is 36.8 Å². The summed E-state index contributed by atoms with van der Waals surface area (Å²) in [5, 5.41) is 3.22. The molecule has 0 aromatic heterocycles. The average molecular weight is 296 g/mol. The Hall–Kier alpha value is -2.44. The number of nitrogens with one attached hydrogen (secondary N) is 1. The predicted octanol–water partition coefficient (Wildman–Crippen LogP) is 0.980. The number of rotatable bonds is 8. The lowest BCUT2D eigenvalue weighted by Crippen LogP contribution is -2.47. The number of nitrogens with zero attached hydrogens (tertiary/aromatic N) is 1. The molecule has 0 aliphatic rings. The van der Waals surface area contributed by atoms with Gasteiger partial charge in [-0.1, -0.05) is 0 Å². The molecule has 0 heterocycles. The first-order chi connectivity index (χ1) is 10.0. The molecule has 2 amide bonds. The Labute approximate surface area is 121 Å². The first-order valence-corrected chi connectivity index (χ1v) is 6.36. The highest BCUT2D eigenvalue weighted by atomic mass is 19.1. The van der Waals surface area contributed by atoms with Crippen molar-refractivity contribution in [3.05, 3.63) is 29.6 Å². The summed E-state index contributed by atoms with van der Waals surface area (Å²) in [6.45, 7) is 1.61. The topological polar surface area (TPSA) is 75.7 Å². The van der Waals surface area contributed by atoms with Gasteiger partial charge in [0.15, 0.2) is 5.75 Å². The molecule has 0 radical (unpaired) electrons. The van der Waals surface area contributed by atoms with E-state index in [4.69, 9.17) is 4.84 Å². The second-order valence-corrected chi connectivity index (χ2v) is 4.34. The first-order valence-electron chi connectivity index (χ1n) is 6.36. The molecule has 114 valence electrons. The minimum absolute atomic E-state index is 0.105. The lowest BCUT2D eigenvalue weighted by atomic mass is 10.1. The molecule has 0 bridgehead atoms. The van der Waals surface area contributed by atoms with Gasteiger partial charge in [-0.25, -0.2) is 4.39 Å². The van der Waals surface area contributed by atoms with Crippen LogP contribution in [0.25, 0.3) is 0 Å². The Kier molecular flexibility index (Phi) is 6.32. The van der Waals surface area contributed by atoms with Crippen molar-refractivity contribution >= 4 is 18.6 Å². The van der Waals surface area contributed by atoms with Gasteiger partial charge in [-0.2, -0.15) is 5.06 Å². The molecule has 1 atom stereocenters. The summed E-state index contributed by atoms with van der Waals surface area (Å²) >= 11 is 0. The Morgan fingerprint density at radius 3 is 2.71 bits per heavy atom. The highest BCUT2D eigenvalue weighted by molar-refractivity contribution is 5.83. The highest BCUT2D eigenvalue weighted by Crippen LogP contribution is 2.20. The lowest BCUT2D eigenvalue weighted by Gasteiger charge is -2.26. The van der Waals surface area contributed by atoms with Gasteiger partial charge in [-0.05, 0) is 37.1 Å². The maximum Gasteiger partial charge on any atom is 0.246 e. The van der Waals surface area contributed by atoms with E-state index in [1.54, 1.807) is 6.92 Å². The molecular formula is C14H17FN2O4. The average Bonchev–Trinajstić information content (AvgIpc) is 2.47. The molecule has 21 heavy (non-hydrogen) atoms. The summed E-state index contributed by atoms with van der Waals surface area (Å²) in [6, 6.07) is 2.86. The van der Waals surface area contributed by atoms with Gasteiger partial charge in [0.05, 0.1) is 0 Å². The van der Waals surface area contributed by atoms with E-state index >= 15 is 0 Å². The summed E-state index contributed by atoms with van der Waals surface area (Å²) in [6.07, 6.45) is 1.24. The molecule has 0 saturated heterocycles. The third kappa shape index (κ3) is 4.55. The van der Waals surface area contributed by atoms with Crippen LogP contribution in [-0.2, 0) is 14.4 Å². The second kappa shape index (κ2) is 7.98. The van der Waals surface area contributed by atoms with Crippen molar-refractivity contribution in [1.29, 1.82) is 0 Å². The molecule has 7 heteroatoms. The number of carbonyl (C=O) groups excluding carboxylic acids is 3. The zero-order valence-corrected chi connectivity index (χ0v) is 11.8. The van der Waals surface area contributed by atoms with E-state index in [0.717, 1.165) is 5.06 Å². The summed E-state index contributed by atoms with van der Waals surface area (Å²) in [4.78, 5) is 38.8. The fraction of sp³-hybridized carbons (Fsp3) is 0.357. The van der Waals surface area contributed by atoms with E-state index in [-0.39, 0.29) is 18.6 Å². The van der Waals surface area contributed by atoms with Gasteiger partial charge < -0.3 is 14.9 Å². The number of carbonyl (C=O) groups is 3. The van der Waals surface area contributed by atoms with E-state index in [1.807, 2.05) is 0 Å². The van der Waals surface area contributed by atoms with Crippen LogP contribution >= 0.6 is 0 Å². The predicted molar refractivity (Wildman–Crippen MR) is 72.8 cm³/mol. The Bertz CT molecular complexity index is 522. The quantitative estimate of drug-likeness (QED) is 0.573. The van der Waals surface area contributed by atoms with Crippen LogP contribution in [0.15, 0.2) is 18.2 Å². The number of hydroxylamine groups is 2. The number of hydrogen-bond acceptors (Lipinski definition) is 4. The minimum Gasteiger partial charge on any atom is -0.376 e. The summed E-state index contributed by atoms with van der Waals surface area (Å²) in [5.41, 5.74) is 0.480. The van der Waals surface area contributed by atoms with Gasteiger partial charge in [0.1, 0.15) is 18.1 Å². The van der Waals surface area contributed by atoms with Crippen LogP contribution in [0.2, 0.25) is 0 Å². The number of likely N-dealkylation sites (N-methyl/N-ethyl adjacent to an activating group) is 1. The normalized spacial score (nSPS) is 11.4. The third-order valence-corrected chi connectivity index (χ3v) is 2.86. The van der Waals surface area contributed by atoms with Crippen molar-refractivity contribution in [3.8, 4) is 5.75 Å². The monoisotopic (exact) mass is 296 g/mol. The number of benzene rings is 1. The van der Waals surface area contributed by atoms with Crippen LogP contribution in [0.3, 0.4) is 0 Å². The summed E-state index contributed by atoms with van der Waals surface area (Å²) in [5.74, 6) is -0.631. The van der Waals surface area contributed by atoms with Crippen molar-refractivity contribution < 1.29 is 23.6 Å². The van der Waals surface area contributed by atoms with Crippen molar-refractivity contribution in [1.82, 2.24) is 10.4 Å². The number of amides is 2. The standard InChI is InChI=1S/C14H17FN2O4/c1-10-8-11(15)5-6-13(10)21-17(9-19)12(4-3-7-18)14(20)16-2/h5-9,12H,3-4H2,1-2H3,(H,16,20). The van der Waals surface area contributed by atoms with Crippen molar-refractivity contribution in [2.24, 2.45) is 0 Å². The molecule has 0 saturated carbocycles. The summed E-state index contributed by atoms with van der Waals surface area (Å²) in [7, 11) is 1.42. The largest absolute Gasteiger partial charge is 0.376 e. The minimum atomic E-state index is -0.942. The second-order valence-electron chi connectivity index (χ2n) is 4.34. The van der Waals surface area contributed by atoms with Crippen LogP contribution in [0, 0.1) is 12.7 Å². The van der Waals surface area contributed by atoms with Crippen LogP contribution in [0.1, 0.15) is 18.4 Å².